The molecule has 0 spiro atoms. The summed E-state index contributed by atoms with van der Waals surface area (Å²) in [5.74, 6) is 0.726. The highest BCUT2D eigenvalue weighted by Crippen LogP contribution is 2.34. The molecule has 0 aliphatic carbocycles. The number of halogens is 3. The molecule has 0 saturated carbocycles. The molecule has 1 fully saturated rings. The first kappa shape index (κ1) is 14.2. The number of hydrogen-bond donors (Lipinski definition) is 1. The molecule has 1 N–H and O–H groups in total. The predicted octanol–water partition coefficient (Wildman–Crippen LogP) is 3.75. The van der Waals surface area contributed by atoms with Gasteiger partial charge in [0.25, 0.3) is 0 Å². The molecule has 2 unspecified atom stereocenters. The van der Waals surface area contributed by atoms with Gasteiger partial charge in [-0.15, -0.1) is 0 Å². The van der Waals surface area contributed by atoms with Crippen molar-refractivity contribution < 1.29 is 17.9 Å². The van der Waals surface area contributed by atoms with E-state index in [4.69, 9.17) is 4.74 Å². The van der Waals surface area contributed by atoms with Gasteiger partial charge in [0.15, 0.2) is 0 Å². The van der Waals surface area contributed by atoms with E-state index in [1.54, 1.807) is 13.2 Å². The summed E-state index contributed by atoms with van der Waals surface area (Å²) in [6.07, 6.45) is -2.68. The molecule has 19 heavy (non-hydrogen) atoms. The van der Waals surface area contributed by atoms with Crippen molar-refractivity contribution >= 4 is 0 Å². The van der Waals surface area contributed by atoms with Gasteiger partial charge < -0.3 is 4.74 Å². The van der Waals surface area contributed by atoms with Gasteiger partial charge in [-0.05, 0) is 49.4 Å². The van der Waals surface area contributed by atoms with Crippen LogP contribution in [0.4, 0.5) is 13.2 Å². The summed E-state index contributed by atoms with van der Waals surface area (Å²) in [6.45, 7) is 1.90. The Bertz CT molecular complexity index is 445. The zero-order chi connectivity index (χ0) is 14.0. The van der Waals surface area contributed by atoms with Crippen LogP contribution in [0.2, 0.25) is 0 Å². The zero-order valence-electron chi connectivity index (χ0n) is 11.1. The summed E-state index contributed by atoms with van der Waals surface area (Å²) in [5, 5.41) is 2.72. The molecule has 106 valence electrons. The Morgan fingerprint density at radius 3 is 2.58 bits per heavy atom. The molecule has 2 rings (SSSR count). The highest BCUT2D eigenvalue weighted by molar-refractivity contribution is 5.36. The average Bonchev–Trinajstić information content (AvgIpc) is 2.37. The van der Waals surface area contributed by atoms with Gasteiger partial charge in [-0.1, -0.05) is 6.07 Å². The SMILES string of the molecule is COc1ccc(C2CCCC(C(F)(F)F)N2)c(C)c1. The lowest BCUT2D eigenvalue weighted by Gasteiger charge is -2.33. The highest BCUT2D eigenvalue weighted by Gasteiger charge is 2.42. The fraction of sp³-hybridized carbons (Fsp3) is 0.571. The fourth-order valence-corrected chi connectivity index (χ4v) is 2.61. The van der Waals surface area contributed by atoms with Crippen molar-refractivity contribution in [1.29, 1.82) is 0 Å². The van der Waals surface area contributed by atoms with Gasteiger partial charge in [-0.3, -0.25) is 5.32 Å². The number of benzene rings is 1. The maximum absolute atomic E-state index is 12.8. The molecule has 1 heterocycles. The lowest BCUT2D eigenvalue weighted by atomic mass is 9.91. The Hall–Kier alpha value is -1.23. The minimum atomic E-state index is -4.17. The molecule has 1 aliphatic rings. The topological polar surface area (TPSA) is 21.3 Å². The van der Waals surface area contributed by atoms with E-state index in [0.717, 1.165) is 23.3 Å². The van der Waals surface area contributed by atoms with Crippen molar-refractivity contribution in [2.24, 2.45) is 0 Å². The molecular weight excluding hydrogens is 255 g/mol. The van der Waals surface area contributed by atoms with Crippen molar-refractivity contribution in [2.75, 3.05) is 7.11 Å². The summed E-state index contributed by atoms with van der Waals surface area (Å²) in [4.78, 5) is 0. The monoisotopic (exact) mass is 273 g/mol. The number of methoxy groups -OCH3 is 1. The molecule has 1 aromatic rings. The summed E-state index contributed by atoms with van der Waals surface area (Å²) < 4.78 is 43.4. The molecule has 0 amide bonds. The van der Waals surface area contributed by atoms with Gasteiger partial charge in [0.2, 0.25) is 0 Å². The van der Waals surface area contributed by atoms with Gasteiger partial charge in [0, 0.05) is 6.04 Å². The summed E-state index contributed by atoms with van der Waals surface area (Å²) >= 11 is 0. The minimum absolute atomic E-state index is 0.162. The summed E-state index contributed by atoms with van der Waals surface area (Å²) in [5.41, 5.74) is 1.88. The number of ether oxygens (including phenoxy) is 1. The largest absolute Gasteiger partial charge is 0.497 e. The number of alkyl halides is 3. The van der Waals surface area contributed by atoms with Gasteiger partial charge in [0.1, 0.15) is 11.8 Å². The summed E-state index contributed by atoms with van der Waals surface area (Å²) in [6, 6.07) is 3.87. The third kappa shape index (κ3) is 3.21. The minimum Gasteiger partial charge on any atom is -0.497 e. The van der Waals surface area contributed by atoms with E-state index < -0.39 is 12.2 Å². The number of rotatable bonds is 2. The second kappa shape index (κ2) is 5.41. The number of nitrogens with one attached hydrogen (secondary N) is 1. The van der Waals surface area contributed by atoms with Gasteiger partial charge in [-0.2, -0.15) is 13.2 Å². The van der Waals surface area contributed by atoms with E-state index in [2.05, 4.69) is 5.32 Å². The molecule has 0 radical (unpaired) electrons. The fourth-order valence-electron chi connectivity index (χ4n) is 2.61. The van der Waals surface area contributed by atoms with Crippen LogP contribution in [0.15, 0.2) is 18.2 Å². The van der Waals surface area contributed by atoms with E-state index in [1.165, 1.54) is 0 Å². The van der Waals surface area contributed by atoms with Crippen molar-refractivity contribution in [3.63, 3.8) is 0 Å². The molecular formula is C14H18F3NO. The van der Waals surface area contributed by atoms with Crippen LogP contribution >= 0.6 is 0 Å². The first-order valence-electron chi connectivity index (χ1n) is 6.39. The lowest BCUT2D eigenvalue weighted by molar-refractivity contribution is -0.163. The molecule has 0 aromatic heterocycles. The van der Waals surface area contributed by atoms with E-state index in [0.29, 0.717) is 6.42 Å². The van der Waals surface area contributed by atoms with Crippen LogP contribution in [-0.4, -0.2) is 19.3 Å². The highest BCUT2D eigenvalue weighted by atomic mass is 19.4. The zero-order valence-corrected chi connectivity index (χ0v) is 11.1. The predicted molar refractivity (Wildman–Crippen MR) is 67.3 cm³/mol. The number of piperidine rings is 1. The molecule has 1 aromatic carbocycles. The Balaban J connectivity index is 2.17. The molecule has 0 bridgehead atoms. The normalized spacial score (nSPS) is 24.3. The second-order valence-corrected chi connectivity index (χ2v) is 4.97. The van der Waals surface area contributed by atoms with E-state index in [9.17, 15) is 13.2 Å². The third-order valence-corrected chi connectivity index (χ3v) is 3.64. The van der Waals surface area contributed by atoms with Crippen LogP contribution in [0.3, 0.4) is 0 Å². The van der Waals surface area contributed by atoms with Crippen molar-refractivity contribution in [3.05, 3.63) is 29.3 Å². The average molecular weight is 273 g/mol. The van der Waals surface area contributed by atoms with E-state index >= 15 is 0 Å². The van der Waals surface area contributed by atoms with Crippen LogP contribution in [0.25, 0.3) is 0 Å². The first-order valence-corrected chi connectivity index (χ1v) is 6.39. The Morgan fingerprint density at radius 1 is 1.26 bits per heavy atom. The van der Waals surface area contributed by atoms with Crippen LogP contribution in [0, 0.1) is 6.92 Å². The third-order valence-electron chi connectivity index (χ3n) is 3.64. The Kier molecular flexibility index (Phi) is 4.04. The van der Waals surface area contributed by atoms with Crippen molar-refractivity contribution in [2.45, 2.75) is 44.4 Å². The van der Waals surface area contributed by atoms with Gasteiger partial charge >= 0.3 is 6.18 Å². The lowest BCUT2D eigenvalue weighted by Crippen LogP contribution is -2.46. The maximum Gasteiger partial charge on any atom is 0.403 e. The summed E-state index contributed by atoms with van der Waals surface area (Å²) in [7, 11) is 1.58. The quantitative estimate of drug-likeness (QED) is 0.886. The molecule has 2 atom stereocenters. The molecule has 2 nitrogen and oxygen atoms in total. The number of hydrogen-bond acceptors (Lipinski definition) is 2. The van der Waals surface area contributed by atoms with Crippen molar-refractivity contribution in [3.8, 4) is 5.75 Å². The Morgan fingerprint density at radius 2 is 2.00 bits per heavy atom. The van der Waals surface area contributed by atoms with E-state index in [1.807, 2.05) is 19.1 Å². The maximum atomic E-state index is 12.8. The molecule has 5 heteroatoms. The molecule has 1 saturated heterocycles. The van der Waals surface area contributed by atoms with Crippen molar-refractivity contribution in [1.82, 2.24) is 5.32 Å². The van der Waals surface area contributed by atoms with Crippen LogP contribution < -0.4 is 10.1 Å². The standard InChI is InChI=1S/C14H18F3NO/c1-9-8-10(19-2)6-7-11(9)12-4-3-5-13(18-12)14(15,16)17/h6-8,12-13,18H,3-5H2,1-2H3. The van der Waals surface area contributed by atoms with E-state index in [-0.39, 0.29) is 12.5 Å². The second-order valence-electron chi connectivity index (χ2n) is 4.97. The Labute approximate surface area is 111 Å². The molecule has 1 aliphatic heterocycles. The van der Waals surface area contributed by atoms with Crippen LogP contribution in [0.5, 0.6) is 5.75 Å². The number of aryl methyl sites for hydroxylation is 1. The van der Waals surface area contributed by atoms with Crippen LogP contribution in [0.1, 0.15) is 36.4 Å². The smallest absolute Gasteiger partial charge is 0.403 e. The van der Waals surface area contributed by atoms with Crippen LogP contribution in [-0.2, 0) is 0 Å². The first-order chi connectivity index (χ1) is 8.91. The van der Waals surface area contributed by atoms with Gasteiger partial charge in [-0.25, -0.2) is 0 Å². The van der Waals surface area contributed by atoms with Gasteiger partial charge in [0.05, 0.1) is 7.11 Å².